The summed E-state index contributed by atoms with van der Waals surface area (Å²) in [6.45, 7) is 2.03. The minimum Gasteiger partial charge on any atom is -0.398 e. The number of rotatable bonds is 2. The Morgan fingerprint density at radius 2 is 1.88 bits per heavy atom. The molecule has 0 spiro atoms. The molecule has 17 heavy (non-hydrogen) atoms. The standard InChI is InChI=1S/C13H11FINS/c1-8-4-2-3-5-12(8)17-13-6-9(14)10(15)7-11(13)16/h2-7H,16H2,1H3. The Balaban J connectivity index is 2.37. The zero-order valence-electron chi connectivity index (χ0n) is 9.21. The van der Waals surface area contributed by atoms with Crippen LogP contribution in [0.2, 0.25) is 0 Å². The number of hydrogen-bond acceptors (Lipinski definition) is 2. The van der Waals surface area contributed by atoms with Gasteiger partial charge in [0.2, 0.25) is 0 Å². The SMILES string of the molecule is Cc1ccccc1Sc1cc(F)c(I)cc1N. The van der Waals surface area contributed by atoms with Crippen molar-refractivity contribution in [3.8, 4) is 0 Å². The Kier molecular flexibility index (Phi) is 3.93. The lowest BCUT2D eigenvalue weighted by molar-refractivity contribution is 0.617. The number of nitrogens with two attached hydrogens (primary N) is 1. The van der Waals surface area contributed by atoms with Crippen LogP contribution in [0.15, 0.2) is 46.2 Å². The summed E-state index contributed by atoms with van der Waals surface area (Å²) in [7, 11) is 0. The van der Waals surface area contributed by atoms with Crippen LogP contribution in [0.3, 0.4) is 0 Å². The third kappa shape index (κ3) is 2.93. The van der Waals surface area contributed by atoms with E-state index in [1.54, 1.807) is 6.07 Å². The quantitative estimate of drug-likeness (QED) is 0.632. The predicted molar refractivity (Wildman–Crippen MR) is 78.8 cm³/mol. The summed E-state index contributed by atoms with van der Waals surface area (Å²) in [6.07, 6.45) is 0. The van der Waals surface area contributed by atoms with Crippen molar-refractivity contribution in [2.24, 2.45) is 0 Å². The van der Waals surface area contributed by atoms with E-state index in [-0.39, 0.29) is 5.82 Å². The van der Waals surface area contributed by atoms with Gasteiger partial charge in [-0.1, -0.05) is 30.0 Å². The summed E-state index contributed by atoms with van der Waals surface area (Å²) in [6, 6.07) is 11.1. The van der Waals surface area contributed by atoms with Gasteiger partial charge in [-0.15, -0.1) is 0 Å². The zero-order chi connectivity index (χ0) is 12.4. The largest absolute Gasteiger partial charge is 0.398 e. The van der Waals surface area contributed by atoms with Crippen molar-refractivity contribution < 1.29 is 4.39 Å². The van der Waals surface area contributed by atoms with Gasteiger partial charge in [0.05, 0.1) is 3.57 Å². The van der Waals surface area contributed by atoms with Crippen LogP contribution >= 0.6 is 34.4 Å². The van der Waals surface area contributed by atoms with Crippen LogP contribution in [0.4, 0.5) is 10.1 Å². The third-order valence-electron chi connectivity index (χ3n) is 2.37. The fourth-order valence-electron chi connectivity index (χ4n) is 1.42. The van der Waals surface area contributed by atoms with E-state index in [1.807, 2.05) is 53.8 Å². The molecule has 0 fully saturated rings. The molecule has 4 heteroatoms. The molecule has 0 aliphatic carbocycles. The van der Waals surface area contributed by atoms with Crippen molar-refractivity contribution in [2.75, 3.05) is 5.73 Å². The normalized spacial score (nSPS) is 10.5. The number of nitrogen functional groups attached to an aromatic ring is 1. The second-order valence-electron chi connectivity index (χ2n) is 3.67. The Labute approximate surface area is 118 Å². The van der Waals surface area contributed by atoms with Crippen LogP contribution in [-0.4, -0.2) is 0 Å². The maximum Gasteiger partial charge on any atom is 0.137 e. The van der Waals surface area contributed by atoms with Gasteiger partial charge in [-0.3, -0.25) is 0 Å². The molecular formula is C13H11FINS. The Morgan fingerprint density at radius 3 is 2.59 bits per heavy atom. The van der Waals surface area contributed by atoms with Crippen molar-refractivity contribution in [3.05, 3.63) is 51.3 Å². The summed E-state index contributed by atoms with van der Waals surface area (Å²) in [5, 5.41) is 0. The van der Waals surface area contributed by atoms with Crippen LogP contribution in [0, 0.1) is 16.3 Å². The Hall–Kier alpha value is -0.750. The lowest BCUT2D eigenvalue weighted by atomic mass is 10.2. The molecule has 0 aliphatic rings. The van der Waals surface area contributed by atoms with Gasteiger partial charge in [0, 0.05) is 15.5 Å². The van der Waals surface area contributed by atoms with E-state index >= 15 is 0 Å². The molecule has 0 atom stereocenters. The number of aryl methyl sites for hydroxylation is 1. The average molecular weight is 359 g/mol. The van der Waals surface area contributed by atoms with Gasteiger partial charge in [-0.05, 0) is 53.3 Å². The number of hydrogen-bond donors (Lipinski definition) is 1. The summed E-state index contributed by atoms with van der Waals surface area (Å²) in [5.74, 6) is -0.226. The summed E-state index contributed by atoms with van der Waals surface area (Å²) >= 11 is 3.44. The molecule has 0 aromatic heterocycles. The minimum atomic E-state index is -0.226. The van der Waals surface area contributed by atoms with E-state index in [0.717, 1.165) is 15.4 Å². The fourth-order valence-corrected chi connectivity index (χ4v) is 2.86. The van der Waals surface area contributed by atoms with Gasteiger partial charge in [0.25, 0.3) is 0 Å². The number of benzene rings is 2. The fraction of sp³-hybridized carbons (Fsp3) is 0.0769. The van der Waals surface area contributed by atoms with Crippen molar-refractivity contribution in [1.82, 2.24) is 0 Å². The molecule has 2 rings (SSSR count). The highest BCUT2D eigenvalue weighted by Gasteiger charge is 2.08. The number of halogens is 2. The van der Waals surface area contributed by atoms with Crippen molar-refractivity contribution in [2.45, 2.75) is 16.7 Å². The Morgan fingerprint density at radius 1 is 1.18 bits per heavy atom. The molecule has 0 heterocycles. The van der Waals surface area contributed by atoms with Crippen LogP contribution in [0.1, 0.15) is 5.56 Å². The van der Waals surface area contributed by atoms with Gasteiger partial charge >= 0.3 is 0 Å². The highest BCUT2D eigenvalue weighted by atomic mass is 127. The van der Waals surface area contributed by atoms with Crippen LogP contribution < -0.4 is 5.73 Å². The van der Waals surface area contributed by atoms with Crippen molar-refractivity contribution >= 4 is 40.0 Å². The van der Waals surface area contributed by atoms with Gasteiger partial charge in [0.15, 0.2) is 0 Å². The van der Waals surface area contributed by atoms with Gasteiger partial charge in [-0.2, -0.15) is 0 Å². The van der Waals surface area contributed by atoms with E-state index < -0.39 is 0 Å². The topological polar surface area (TPSA) is 26.0 Å². The summed E-state index contributed by atoms with van der Waals surface area (Å²) < 4.78 is 14.0. The Bertz CT molecular complexity index is 557. The summed E-state index contributed by atoms with van der Waals surface area (Å²) in [4.78, 5) is 1.86. The first-order chi connectivity index (χ1) is 8.08. The summed E-state index contributed by atoms with van der Waals surface area (Å²) in [5.41, 5.74) is 7.67. The molecule has 2 aromatic carbocycles. The molecule has 0 unspecified atom stereocenters. The zero-order valence-corrected chi connectivity index (χ0v) is 12.2. The first kappa shape index (κ1) is 12.7. The minimum absolute atomic E-state index is 0.226. The molecule has 2 N–H and O–H groups in total. The molecule has 88 valence electrons. The van der Waals surface area contributed by atoms with E-state index in [4.69, 9.17) is 5.73 Å². The molecule has 0 amide bonds. The van der Waals surface area contributed by atoms with Crippen LogP contribution in [0.25, 0.3) is 0 Å². The van der Waals surface area contributed by atoms with Crippen LogP contribution in [0.5, 0.6) is 0 Å². The molecule has 0 aliphatic heterocycles. The van der Waals surface area contributed by atoms with E-state index in [2.05, 4.69) is 0 Å². The molecule has 0 bridgehead atoms. The number of anilines is 1. The molecule has 0 saturated heterocycles. The lowest BCUT2D eigenvalue weighted by Gasteiger charge is -2.08. The molecule has 1 nitrogen and oxygen atoms in total. The van der Waals surface area contributed by atoms with E-state index in [9.17, 15) is 4.39 Å². The molecule has 0 saturated carbocycles. The smallest absolute Gasteiger partial charge is 0.137 e. The third-order valence-corrected chi connectivity index (χ3v) is 4.44. The lowest BCUT2D eigenvalue weighted by Crippen LogP contribution is -1.93. The predicted octanol–water partition coefficient (Wildman–Crippen LogP) is 4.47. The highest BCUT2D eigenvalue weighted by Crippen LogP contribution is 2.35. The maximum atomic E-state index is 13.5. The van der Waals surface area contributed by atoms with Crippen molar-refractivity contribution in [1.29, 1.82) is 0 Å². The molecular weight excluding hydrogens is 348 g/mol. The second kappa shape index (κ2) is 5.27. The first-order valence-electron chi connectivity index (χ1n) is 5.06. The maximum absolute atomic E-state index is 13.5. The van der Waals surface area contributed by atoms with Crippen LogP contribution in [-0.2, 0) is 0 Å². The van der Waals surface area contributed by atoms with Gasteiger partial charge in [0.1, 0.15) is 5.82 Å². The van der Waals surface area contributed by atoms with Gasteiger partial charge < -0.3 is 5.73 Å². The molecule has 2 aromatic rings. The second-order valence-corrected chi connectivity index (χ2v) is 5.92. The average Bonchev–Trinajstić information content (AvgIpc) is 2.29. The molecule has 0 radical (unpaired) electrons. The van der Waals surface area contributed by atoms with E-state index in [1.165, 1.54) is 17.8 Å². The van der Waals surface area contributed by atoms with Gasteiger partial charge in [-0.25, -0.2) is 4.39 Å². The monoisotopic (exact) mass is 359 g/mol. The van der Waals surface area contributed by atoms with Crippen molar-refractivity contribution in [3.63, 3.8) is 0 Å². The highest BCUT2D eigenvalue weighted by molar-refractivity contribution is 14.1. The first-order valence-corrected chi connectivity index (χ1v) is 6.95. The van der Waals surface area contributed by atoms with E-state index in [0.29, 0.717) is 9.26 Å².